The summed E-state index contributed by atoms with van der Waals surface area (Å²) < 4.78 is 25.9. The van der Waals surface area contributed by atoms with Crippen LogP contribution in [-0.4, -0.2) is 43.3 Å². The minimum Gasteiger partial charge on any atom is -0.465 e. The van der Waals surface area contributed by atoms with Gasteiger partial charge in [0.15, 0.2) is 0 Å². The molecule has 3 N–H and O–H groups in total. The van der Waals surface area contributed by atoms with Gasteiger partial charge in [0.1, 0.15) is 0 Å². The second-order valence-electron chi connectivity index (χ2n) is 4.48. The van der Waals surface area contributed by atoms with E-state index in [1.165, 1.54) is 0 Å². The van der Waals surface area contributed by atoms with Crippen molar-refractivity contribution < 1.29 is 18.3 Å². The summed E-state index contributed by atoms with van der Waals surface area (Å²) in [5.41, 5.74) is 0. The molecule has 0 aromatic rings. The first-order valence-corrected chi connectivity index (χ1v) is 8.17. The van der Waals surface area contributed by atoms with Gasteiger partial charge >= 0.3 is 6.09 Å². The normalized spacial score (nSPS) is 24.7. The first-order chi connectivity index (χ1) is 8.43. The molecule has 0 heterocycles. The molecule has 0 unspecified atom stereocenters. The maximum Gasteiger partial charge on any atom is 0.404 e. The van der Waals surface area contributed by atoms with Crippen molar-refractivity contribution in [2.45, 2.75) is 44.2 Å². The van der Waals surface area contributed by atoms with E-state index in [0.717, 1.165) is 0 Å². The van der Waals surface area contributed by atoms with Crippen molar-refractivity contribution in [1.29, 1.82) is 0 Å². The van der Waals surface area contributed by atoms with Gasteiger partial charge in [-0.1, -0.05) is 0 Å². The van der Waals surface area contributed by atoms with Gasteiger partial charge in [-0.05, 0) is 32.1 Å². The number of hydrogen-bond acceptors (Lipinski definition) is 3. The molecule has 0 atom stereocenters. The van der Waals surface area contributed by atoms with Crippen molar-refractivity contribution in [3.63, 3.8) is 0 Å². The van der Waals surface area contributed by atoms with Crippen molar-refractivity contribution in [2.24, 2.45) is 0 Å². The lowest BCUT2D eigenvalue weighted by Gasteiger charge is -2.28. The molecule has 1 saturated carbocycles. The Morgan fingerprint density at radius 1 is 1.22 bits per heavy atom. The maximum atomic E-state index is 11.6. The third kappa shape index (κ3) is 5.88. The lowest BCUT2D eigenvalue weighted by molar-refractivity contribution is 0.184. The number of rotatable bonds is 6. The third-order valence-electron chi connectivity index (χ3n) is 2.95. The van der Waals surface area contributed by atoms with Crippen LogP contribution in [0.15, 0.2) is 0 Å². The van der Waals surface area contributed by atoms with E-state index in [2.05, 4.69) is 10.0 Å². The van der Waals surface area contributed by atoms with Crippen LogP contribution in [0.25, 0.3) is 0 Å². The Hall–Kier alpha value is -0.530. The van der Waals surface area contributed by atoms with Crippen LogP contribution in [-0.2, 0) is 10.0 Å². The molecular formula is C10H19ClN2O4S. The highest BCUT2D eigenvalue weighted by Crippen LogP contribution is 2.19. The molecule has 1 fully saturated rings. The third-order valence-corrected chi connectivity index (χ3v) is 4.73. The second-order valence-corrected chi connectivity index (χ2v) is 6.73. The van der Waals surface area contributed by atoms with Gasteiger partial charge in [0.25, 0.3) is 0 Å². The van der Waals surface area contributed by atoms with E-state index < -0.39 is 16.1 Å². The zero-order valence-electron chi connectivity index (χ0n) is 10.1. The Balaban J connectivity index is 2.33. The Bertz CT molecular complexity index is 366. The number of carbonyl (C=O) groups is 1. The monoisotopic (exact) mass is 298 g/mol. The lowest BCUT2D eigenvalue weighted by atomic mass is 9.92. The Morgan fingerprint density at radius 2 is 1.78 bits per heavy atom. The number of alkyl halides is 1. The van der Waals surface area contributed by atoms with E-state index in [9.17, 15) is 13.2 Å². The predicted molar refractivity (Wildman–Crippen MR) is 69.5 cm³/mol. The fourth-order valence-corrected chi connectivity index (χ4v) is 3.77. The molecule has 0 aromatic carbocycles. The molecule has 1 amide bonds. The summed E-state index contributed by atoms with van der Waals surface area (Å²) in [6.07, 6.45) is 2.05. The second kappa shape index (κ2) is 7.16. The topological polar surface area (TPSA) is 95.5 Å². The van der Waals surface area contributed by atoms with E-state index in [1.807, 2.05) is 0 Å². The van der Waals surface area contributed by atoms with Gasteiger partial charge in [-0.25, -0.2) is 17.9 Å². The molecule has 1 rings (SSSR count). The molecule has 0 spiro atoms. The standard InChI is InChI=1S/C10H19ClN2O4S/c11-6-1-7-18(16,17)13-9-4-2-8(3-5-9)12-10(14)15/h8-9,12-13H,1-7H2,(H,14,15)/t8-,9-. The smallest absolute Gasteiger partial charge is 0.404 e. The number of halogens is 1. The lowest BCUT2D eigenvalue weighted by Crippen LogP contribution is -2.44. The fourth-order valence-electron chi connectivity index (χ4n) is 2.09. The van der Waals surface area contributed by atoms with Gasteiger partial charge in [-0.2, -0.15) is 0 Å². The van der Waals surface area contributed by atoms with Crippen molar-refractivity contribution in [1.82, 2.24) is 10.0 Å². The van der Waals surface area contributed by atoms with Crippen LogP contribution in [0.2, 0.25) is 0 Å². The van der Waals surface area contributed by atoms with Gasteiger partial charge in [0.05, 0.1) is 5.75 Å². The van der Waals surface area contributed by atoms with Crippen LogP contribution in [0.1, 0.15) is 32.1 Å². The summed E-state index contributed by atoms with van der Waals surface area (Å²) in [6.45, 7) is 0. The molecule has 18 heavy (non-hydrogen) atoms. The average Bonchev–Trinajstić information content (AvgIpc) is 2.28. The Kier molecular flexibility index (Phi) is 6.17. The molecule has 0 bridgehead atoms. The molecule has 0 radical (unpaired) electrons. The molecule has 106 valence electrons. The van der Waals surface area contributed by atoms with Crippen molar-refractivity contribution in [3.8, 4) is 0 Å². The maximum absolute atomic E-state index is 11.6. The zero-order chi connectivity index (χ0) is 13.6. The van der Waals surface area contributed by atoms with Crippen LogP contribution in [0.5, 0.6) is 0 Å². The molecular weight excluding hydrogens is 280 g/mol. The molecule has 1 aliphatic carbocycles. The molecule has 8 heteroatoms. The quantitative estimate of drug-likeness (QED) is 0.640. The van der Waals surface area contributed by atoms with E-state index in [1.54, 1.807) is 0 Å². The highest BCUT2D eigenvalue weighted by atomic mass is 35.5. The minimum atomic E-state index is -3.26. The van der Waals surface area contributed by atoms with Crippen LogP contribution < -0.4 is 10.0 Å². The summed E-state index contributed by atoms with van der Waals surface area (Å²) in [7, 11) is -3.26. The summed E-state index contributed by atoms with van der Waals surface area (Å²) >= 11 is 5.46. The minimum absolute atomic E-state index is 0.0454. The largest absolute Gasteiger partial charge is 0.465 e. The first-order valence-electron chi connectivity index (χ1n) is 5.98. The van der Waals surface area contributed by atoms with Gasteiger partial charge in [0.2, 0.25) is 10.0 Å². The predicted octanol–water partition coefficient (Wildman–Crippen LogP) is 1.11. The molecule has 0 aromatic heterocycles. The first kappa shape index (κ1) is 15.5. The summed E-state index contributed by atoms with van der Waals surface area (Å²) in [6, 6.07) is -0.150. The van der Waals surface area contributed by atoms with Gasteiger partial charge < -0.3 is 10.4 Å². The zero-order valence-corrected chi connectivity index (χ0v) is 11.6. The number of nitrogens with one attached hydrogen (secondary N) is 2. The van der Waals surface area contributed by atoms with Gasteiger partial charge in [0, 0.05) is 18.0 Å². The summed E-state index contributed by atoms with van der Waals surface area (Å²) in [5, 5.41) is 11.0. The van der Waals surface area contributed by atoms with Crippen molar-refractivity contribution in [3.05, 3.63) is 0 Å². The summed E-state index contributed by atoms with van der Waals surface area (Å²) in [5.74, 6) is 0.375. The highest BCUT2D eigenvalue weighted by molar-refractivity contribution is 7.89. The van der Waals surface area contributed by atoms with Crippen LogP contribution >= 0.6 is 11.6 Å². The Labute approximate surface area is 112 Å². The fraction of sp³-hybridized carbons (Fsp3) is 0.900. The number of carboxylic acid groups (broad SMARTS) is 1. The highest BCUT2D eigenvalue weighted by Gasteiger charge is 2.25. The molecule has 6 nitrogen and oxygen atoms in total. The van der Waals surface area contributed by atoms with Gasteiger partial charge in [-0.3, -0.25) is 0 Å². The number of amides is 1. The molecule has 0 aliphatic heterocycles. The Morgan fingerprint density at radius 3 is 2.28 bits per heavy atom. The SMILES string of the molecule is O=C(O)N[C@H]1CC[C@H](NS(=O)(=O)CCCCl)CC1. The van der Waals surface area contributed by atoms with Crippen molar-refractivity contribution in [2.75, 3.05) is 11.6 Å². The van der Waals surface area contributed by atoms with Crippen LogP contribution in [0, 0.1) is 0 Å². The van der Waals surface area contributed by atoms with E-state index in [-0.39, 0.29) is 17.8 Å². The molecule has 0 saturated heterocycles. The van der Waals surface area contributed by atoms with Crippen LogP contribution in [0.3, 0.4) is 0 Å². The van der Waals surface area contributed by atoms with E-state index in [4.69, 9.17) is 16.7 Å². The van der Waals surface area contributed by atoms with Crippen LogP contribution in [0.4, 0.5) is 4.79 Å². The number of hydrogen-bond donors (Lipinski definition) is 3. The average molecular weight is 299 g/mol. The summed E-state index contributed by atoms with van der Waals surface area (Å²) in [4.78, 5) is 10.5. The molecule has 1 aliphatic rings. The van der Waals surface area contributed by atoms with Crippen molar-refractivity contribution >= 4 is 27.7 Å². The van der Waals surface area contributed by atoms with E-state index >= 15 is 0 Å². The number of sulfonamides is 1. The van der Waals surface area contributed by atoms with E-state index in [0.29, 0.717) is 38.0 Å². The van der Waals surface area contributed by atoms with Gasteiger partial charge in [-0.15, -0.1) is 11.6 Å².